The molecule has 0 radical (unpaired) electrons. The van der Waals surface area contributed by atoms with E-state index in [9.17, 15) is 19.7 Å². The fourth-order valence-electron chi connectivity index (χ4n) is 2.67. The van der Waals surface area contributed by atoms with E-state index >= 15 is 0 Å². The summed E-state index contributed by atoms with van der Waals surface area (Å²) >= 11 is 0. The van der Waals surface area contributed by atoms with E-state index in [-0.39, 0.29) is 18.1 Å². The van der Waals surface area contributed by atoms with Crippen molar-refractivity contribution < 1.29 is 24.0 Å². The van der Waals surface area contributed by atoms with Crippen molar-refractivity contribution in [1.82, 2.24) is 15.2 Å². The van der Waals surface area contributed by atoms with Crippen molar-refractivity contribution in [2.45, 2.75) is 13.5 Å². The summed E-state index contributed by atoms with van der Waals surface area (Å²) in [7, 11) is 1.43. The van der Waals surface area contributed by atoms with Crippen LogP contribution in [-0.4, -0.2) is 39.9 Å². The van der Waals surface area contributed by atoms with Crippen molar-refractivity contribution in [2.24, 2.45) is 5.10 Å². The summed E-state index contributed by atoms with van der Waals surface area (Å²) in [6.07, 6.45) is 1.38. The molecule has 0 fully saturated rings. The summed E-state index contributed by atoms with van der Waals surface area (Å²) < 4.78 is 11.9. The van der Waals surface area contributed by atoms with Gasteiger partial charge in [-0.1, -0.05) is 18.2 Å². The number of esters is 1. The minimum atomic E-state index is -0.631. The quantitative estimate of drug-likeness (QED) is 0.188. The number of hydrazone groups is 1. The molecule has 3 rings (SSSR count). The molecule has 32 heavy (non-hydrogen) atoms. The van der Waals surface area contributed by atoms with Crippen LogP contribution < -0.4 is 14.9 Å². The molecular weight excluding hydrogens is 418 g/mol. The Labute approximate surface area is 182 Å². The molecule has 0 aliphatic carbocycles. The summed E-state index contributed by atoms with van der Waals surface area (Å²) in [4.78, 5) is 34.4. The Kier molecular flexibility index (Phi) is 6.91. The third-order valence-electron chi connectivity index (χ3n) is 4.25. The Bertz CT molecular complexity index is 1170. The number of rotatable bonds is 8. The van der Waals surface area contributed by atoms with E-state index in [1.165, 1.54) is 24.1 Å². The molecule has 1 amide bonds. The number of nitrogens with one attached hydrogen (secondary N) is 1. The Balaban J connectivity index is 1.61. The summed E-state index contributed by atoms with van der Waals surface area (Å²) in [6.45, 7) is 1.38. The highest BCUT2D eigenvalue weighted by molar-refractivity contribution is 5.91. The van der Waals surface area contributed by atoms with E-state index in [0.717, 1.165) is 0 Å². The zero-order valence-corrected chi connectivity index (χ0v) is 17.2. The molecule has 0 aliphatic heterocycles. The van der Waals surface area contributed by atoms with Crippen LogP contribution in [-0.2, 0) is 11.3 Å². The van der Waals surface area contributed by atoms with Crippen LogP contribution in [0.4, 0.5) is 5.82 Å². The highest BCUT2D eigenvalue weighted by Crippen LogP contribution is 2.28. The second kappa shape index (κ2) is 9.98. The number of aromatic nitrogens is 2. The van der Waals surface area contributed by atoms with Crippen LogP contribution in [0.2, 0.25) is 0 Å². The molecule has 0 saturated carbocycles. The van der Waals surface area contributed by atoms with Crippen molar-refractivity contribution in [1.29, 1.82) is 0 Å². The van der Waals surface area contributed by atoms with Crippen LogP contribution in [0.25, 0.3) is 0 Å². The Morgan fingerprint density at radius 1 is 1.19 bits per heavy atom. The van der Waals surface area contributed by atoms with Gasteiger partial charge in [-0.15, -0.1) is 0 Å². The van der Waals surface area contributed by atoms with Gasteiger partial charge in [-0.25, -0.2) is 10.2 Å². The molecule has 0 spiro atoms. The second-order valence-electron chi connectivity index (χ2n) is 6.52. The van der Waals surface area contributed by atoms with E-state index in [1.54, 1.807) is 55.5 Å². The fourth-order valence-corrected chi connectivity index (χ4v) is 2.67. The van der Waals surface area contributed by atoms with Gasteiger partial charge in [0.2, 0.25) is 0 Å². The van der Waals surface area contributed by atoms with E-state index < -0.39 is 16.8 Å². The first-order chi connectivity index (χ1) is 15.4. The molecule has 3 aromatic rings. The third kappa shape index (κ3) is 5.53. The van der Waals surface area contributed by atoms with Crippen LogP contribution in [0, 0.1) is 17.0 Å². The number of nitro groups is 1. The maximum atomic E-state index is 12.2. The summed E-state index contributed by atoms with van der Waals surface area (Å²) in [5.74, 6) is -0.823. The zero-order valence-electron chi connectivity index (χ0n) is 17.2. The largest absolute Gasteiger partial charge is 0.493 e. The average Bonchev–Trinajstić information content (AvgIpc) is 3.15. The topological polar surface area (TPSA) is 138 Å². The van der Waals surface area contributed by atoms with Gasteiger partial charge in [-0.3, -0.25) is 4.79 Å². The number of hydrogen-bond donors (Lipinski definition) is 1. The van der Waals surface area contributed by atoms with Crippen LogP contribution in [0.15, 0.2) is 59.7 Å². The average molecular weight is 437 g/mol. The number of nitrogens with zero attached hydrogens (tertiary/aromatic N) is 4. The van der Waals surface area contributed by atoms with Crippen molar-refractivity contribution in [3.8, 4) is 11.5 Å². The van der Waals surface area contributed by atoms with Crippen molar-refractivity contribution in [3.05, 3.63) is 81.5 Å². The van der Waals surface area contributed by atoms with E-state index in [2.05, 4.69) is 15.6 Å². The molecule has 0 aliphatic rings. The van der Waals surface area contributed by atoms with Gasteiger partial charge < -0.3 is 19.6 Å². The SMILES string of the molecule is COc1cc(/C=N/NC(=O)Cn2nc([N+](=O)[O-])cc2C)ccc1OC(=O)c1ccccc1. The Morgan fingerprint density at radius 2 is 1.94 bits per heavy atom. The first kappa shape index (κ1) is 22.2. The summed E-state index contributed by atoms with van der Waals surface area (Å²) in [5.41, 5.74) is 3.78. The lowest BCUT2D eigenvalue weighted by Gasteiger charge is -2.10. The number of aryl methyl sites for hydroxylation is 1. The van der Waals surface area contributed by atoms with Crippen molar-refractivity contribution >= 4 is 23.9 Å². The lowest BCUT2D eigenvalue weighted by atomic mass is 10.2. The zero-order chi connectivity index (χ0) is 23.1. The van der Waals surface area contributed by atoms with Crippen LogP contribution >= 0.6 is 0 Å². The highest BCUT2D eigenvalue weighted by atomic mass is 16.6. The van der Waals surface area contributed by atoms with Crippen LogP contribution in [0.5, 0.6) is 11.5 Å². The van der Waals surface area contributed by atoms with Gasteiger partial charge in [0.25, 0.3) is 5.91 Å². The molecule has 0 unspecified atom stereocenters. The Hall–Kier alpha value is -4.54. The smallest absolute Gasteiger partial charge is 0.390 e. The minimum Gasteiger partial charge on any atom is -0.493 e. The number of ether oxygens (including phenoxy) is 2. The normalized spacial score (nSPS) is 10.7. The number of benzene rings is 2. The van der Waals surface area contributed by atoms with Gasteiger partial charge >= 0.3 is 11.8 Å². The molecular formula is C21H19N5O6. The molecule has 11 heteroatoms. The maximum Gasteiger partial charge on any atom is 0.390 e. The maximum absolute atomic E-state index is 12.2. The summed E-state index contributed by atoms with van der Waals surface area (Å²) in [5, 5.41) is 18.4. The molecule has 1 heterocycles. The van der Waals surface area contributed by atoms with Crippen molar-refractivity contribution in [2.75, 3.05) is 7.11 Å². The van der Waals surface area contributed by atoms with Gasteiger partial charge in [0, 0.05) is 0 Å². The molecule has 1 aromatic heterocycles. The third-order valence-corrected chi connectivity index (χ3v) is 4.25. The summed E-state index contributed by atoms with van der Waals surface area (Å²) in [6, 6.07) is 14.6. The molecule has 164 valence electrons. The fraction of sp³-hybridized carbons (Fsp3) is 0.143. The lowest BCUT2D eigenvalue weighted by molar-refractivity contribution is -0.389. The monoisotopic (exact) mass is 437 g/mol. The molecule has 2 aromatic carbocycles. The van der Waals surface area contributed by atoms with Gasteiger partial charge in [-0.05, 0) is 47.7 Å². The number of methoxy groups -OCH3 is 1. The van der Waals surface area contributed by atoms with Gasteiger partial charge in [0.05, 0.1) is 35.7 Å². The number of carbonyl (C=O) groups is 2. The van der Waals surface area contributed by atoms with Crippen molar-refractivity contribution in [3.63, 3.8) is 0 Å². The molecule has 0 bridgehead atoms. The van der Waals surface area contributed by atoms with Gasteiger partial charge in [0.1, 0.15) is 6.54 Å². The Morgan fingerprint density at radius 3 is 2.59 bits per heavy atom. The number of carbonyl (C=O) groups excluding carboxylic acids is 2. The second-order valence-corrected chi connectivity index (χ2v) is 6.52. The molecule has 1 N–H and O–H groups in total. The molecule has 0 saturated heterocycles. The van der Waals surface area contributed by atoms with Crippen LogP contribution in [0.1, 0.15) is 21.6 Å². The lowest BCUT2D eigenvalue weighted by Crippen LogP contribution is -2.24. The van der Waals surface area contributed by atoms with E-state index in [0.29, 0.717) is 22.6 Å². The standard InChI is InChI=1S/C21H19N5O6/c1-14-10-19(26(29)30)24-25(14)13-20(27)23-22-12-15-8-9-17(18(11-15)31-2)32-21(28)16-6-4-3-5-7-16/h3-12H,13H2,1-2H3,(H,23,27)/b22-12+. The number of hydrogen-bond acceptors (Lipinski definition) is 8. The van der Waals surface area contributed by atoms with E-state index in [1.807, 2.05) is 0 Å². The molecule has 11 nitrogen and oxygen atoms in total. The highest BCUT2D eigenvalue weighted by Gasteiger charge is 2.17. The first-order valence-corrected chi connectivity index (χ1v) is 9.33. The van der Waals surface area contributed by atoms with E-state index in [4.69, 9.17) is 9.47 Å². The number of amides is 1. The van der Waals surface area contributed by atoms with Gasteiger partial charge in [0.15, 0.2) is 11.5 Å². The van der Waals surface area contributed by atoms with Gasteiger partial charge in [-0.2, -0.15) is 9.78 Å². The minimum absolute atomic E-state index is 0.227. The van der Waals surface area contributed by atoms with Crippen LogP contribution in [0.3, 0.4) is 0 Å². The predicted octanol–water partition coefficient (Wildman–Crippen LogP) is 2.48. The first-order valence-electron chi connectivity index (χ1n) is 9.33. The predicted molar refractivity (Wildman–Crippen MR) is 114 cm³/mol. The molecule has 0 atom stereocenters.